The number of ether oxygens (including phenoxy) is 1. The van der Waals surface area contributed by atoms with E-state index >= 15 is 0 Å². The van der Waals surface area contributed by atoms with Gasteiger partial charge in [0.2, 0.25) is 0 Å². The largest absolute Gasteiger partial charge is 0.469 e. The molecule has 0 saturated heterocycles. The standard InChI is InChI=1S/C21H34O6S/c1-4-5-6-7-9-12-17-15-16-18(22)21(17)19(27-28(3,24)25)13-10-8-11-14-20(23)26-2/h9,12,19H,4-8,10-11,13-16H2,1-3H3/b12-9+/t19-/m0/s1. The van der Waals surface area contributed by atoms with Crippen LogP contribution in [0.25, 0.3) is 0 Å². The van der Waals surface area contributed by atoms with E-state index in [2.05, 4.69) is 17.7 Å². The quantitative estimate of drug-likeness (QED) is 0.240. The predicted octanol–water partition coefficient (Wildman–Crippen LogP) is 4.25. The van der Waals surface area contributed by atoms with Crippen molar-refractivity contribution >= 4 is 21.9 Å². The molecule has 0 spiro atoms. The number of unbranched alkanes of at least 4 members (excludes halogenated alkanes) is 5. The summed E-state index contributed by atoms with van der Waals surface area (Å²) in [6, 6.07) is 0. The van der Waals surface area contributed by atoms with Gasteiger partial charge < -0.3 is 4.74 Å². The lowest BCUT2D eigenvalue weighted by atomic mass is 9.98. The summed E-state index contributed by atoms with van der Waals surface area (Å²) >= 11 is 0. The van der Waals surface area contributed by atoms with Crippen LogP contribution in [0.1, 0.15) is 77.6 Å². The van der Waals surface area contributed by atoms with Gasteiger partial charge in [0.05, 0.1) is 13.4 Å². The highest BCUT2D eigenvalue weighted by atomic mass is 32.2. The zero-order valence-electron chi connectivity index (χ0n) is 17.4. The molecule has 1 aliphatic rings. The second-order valence-corrected chi connectivity index (χ2v) is 8.83. The summed E-state index contributed by atoms with van der Waals surface area (Å²) in [5.74, 6) is -0.287. The number of esters is 1. The molecule has 7 heteroatoms. The molecule has 0 aliphatic heterocycles. The van der Waals surface area contributed by atoms with Gasteiger partial charge in [-0.1, -0.05) is 44.8 Å². The Morgan fingerprint density at radius 1 is 1.14 bits per heavy atom. The van der Waals surface area contributed by atoms with Gasteiger partial charge in [-0.2, -0.15) is 8.42 Å². The molecular weight excluding hydrogens is 380 g/mol. The summed E-state index contributed by atoms with van der Waals surface area (Å²) < 4.78 is 33.3. The Labute approximate surface area is 169 Å². The van der Waals surface area contributed by atoms with Crippen LogP contribution in [0.3, 0.4) is 0 Å². The highest BCUT2D eigenvalue weighted by Gasteiger charge is 2.31. The van der Waals surface area contributed by atoms with Crippen LogP contribution in [0.4, 0.5) is 0 Å². The molecule has 0 aromatic rings. The van der Waals surface area contributed by atoms with Crippen LogP contribution in [-0.4, -0.2) is 39.6 Å². The Hall–Kier alpha value is -1.47. The second kappa shape index (κ2) is 12.9. The van der Waals surface area contributed by atoms with Crippen molar-refractivity contribution in [3.8, 4) is 0 Å². The third kappa shape index (κ3) is 9.64. The molecule has 160 valence electrons. The summed E-state index contributed by atoms with van der Waals surface area (Å²) in [6.07, 6.45) is 12.5. The van der Waals surface area contributed by atoms with Crippen LogP contribution in [0.2, 0.25) is 0 Å². The molecule has 0 N–H and O–H groups in total. The van der Waals surface area contributed by atoms with E-state index < -0.39 is 16.2 Å². The van der Waals surface area contributed by atoms with Gasteiger partial charge in [0.1, 0.15) is 6.10 Å². The molecule has 1 rings (SSSR count). The lowest BCUT2D eigenvalue weighted by Crippen LogP contribution is -2.23. The third-order valence-corrected chi connectivity index (χ3v) is 5.33. The van der Waals surface area contributed by atoms with E-state index in [-0.39, 0.29) is 11.8 Å². The van der Waals surface area contributed by atoms with Crippen LogP contribution in [0.5, 0.6) is 0 Å². The monoisotopic (exact) mass is 414 g/mol. The fourth-order valence-electron chi connectivity index (χ4n) is 3.32. The first-order valence-corrected chi connectivity index (χ1v) is 12.0. The number of allylic oxidation sites excluding steroid dienone is 3. The molecule has 28 heavy (non-hydrogen) atoms. The maximum atomic E-state index is 12.4. The van der Waals surface area contributed by atoms with E-state index in [0.29, 0.717) is 44.1 Å². The zero-order chi connectivity index (χ0) is 21.0. The molecule has 1 atom stereocenters. The van der Waals surface area contributed by atoms with Crippen molar-refractivity contribution < 1.29 is 26.9 Å². The van der Waals surface area contributed by atoms with Gasteiger partial charge in [-0.25, -0.2) is 0 Å². The van der Waals surface area contributed by atoms with Crippen LogP contribution < -0.4 is 0 Å². The first-order chi connectivity index (χ1) is 13.3. The highest BCUT2D eigenvalue weighted by molar-refractivity contribution is 7.86. The maximum absolute atomic E-state index is 12.4. The predicted molar refractivity (Wildman–Crippen MR) is 109 cm³/mol. The van der Waals surface area contributed by atoms with Gasteiger partial charge in [0.25, 0.3) is 10.1 Å². The Bertz CT molecular complexity index is 675. The van der Waals surface area contributed by atoms with Gasteiger partial charge in [0, 0.05) is 18.4 Å². The number of hydrogen-bond donors (Lipinski definition) is 0. The summed E-state index contributed by atoms with van der Waals surface area (Å²) in [6.45, 7) is 2.15. The molecule has 0 amide bonds. The van der Waals surface area contributed by atoms with E-state index in [4.69, 9.17) is 4.18 Å². The molecule has 0 radical (unpaired) electrons. The van der Waals surface area contributed by atoms with Crippen molar-refractivity contribution in [2.24, 2.45) is 0 Å². The lowest BCUT2D eigenvalue weighted by molar-refractivity contribution is -0.140. The van der Waals surface area contributed by atoms with Crippen LogP contribution >= 0.6 is 0 Å². The minimum atomic E-state index is -3.68. The van der Waals surface area contributed by atoms with Gasteiger partial charge in [-0.05, 0) is 37.7 Å². The molecular formula is C21H34O6S. The lowest BCUT2D eigenvalue weighted by Gasteiger charge is -2.18. The number of hydrogen-bond acceptors (Lipinski definition) is 6. The smallest absolute Gasteiger partial charge is 0.305 e. The van der Waals surface area contributed by atoms with Crippen molar-refractivity contribution in [3.05, 3.63) is 23.3 Å². The molecule has 0 fully saturated rings. The number of ketones is 1. The van der Waals surface area contributed by atoms with Crippen molar-refractivity contribution in [3.63, 3.8) is 0 Å². The van der Waals surface area contributed by atoms with E-state index in [9.17, 15) is 18.0 Å². The number of rotatable bonds is 14. The minimum absolute atomic E-state index is 0.0311. The van der Waals surface area contributed by atoms with Crippen molar-refractivity contribution in [2.45, 2.75) is 83.7 Å². The summed E-state index contributed by atoms with van der Waals surface area (Å²) in [5.41, 5.74) is 1.40. The SMILES string of the molecule is CCCCC/C=C/C1=C([C@H](CCCCCC(=O)OC)OS(C)(=O)=O)C(=O)CC1. The van der Waals surface area contributed by atoms with Gasteiger partial charge in [0.15, 0.2) is 5.78 Å². The zero-order valence-corrected chi connectivity index (χ0v) is 18.2. The summed E-state index contributed by atoms with van der Waals surface area (Å²) in [7, 11) is -2.33. The maximum Gasteiger partial charge on any atom is 0.305 e. The van der Waals surface area contributed by atoms with Gasteiger partial charge in [-0.3, -0.25) is 13.8 Å². The van der Waals surface area contributed by atoms with Crippen molar-refractivity contribution in [2.75, 3.05) is 13.4 Å². The average molecular weight is 415 g/mol. The molecule has 0 unspecified atom stereocenters. The Kier molecular flexibility index (Phi) is 11.3. The van der Waals surface area contributed by atoms with Crippen molar-refractivity contribution in [1.29, 1.82) is 0 Å². The van der Waals surface area contributed by atoms with Crippen LogP contribution in [-0.2, 0) is 28.6 Å². The third-order valence-electron chi connectivity index (χ3n) is 4.75. The second-order valence-electron chi connectivity index (χ2n) is 7.22. The van der Waals surface area contributed by atoms with Gasteiger partial charge in [-0.15, -0.1) is 0 Å². The summed E-state index contributed by atoms with van der Waals surface area (Å²) in [4.78, 5) is 23.6. The fraction of sp³-hybridized carbons (Fsp3) is 0.714. The van der Waals surface area contributed by atoms with E-state index in [1.165, 1.54) is 13.5 Å². The Morgan fingerprint density at radius 2 is 1.89 bits per heavy atom. The first-order valence-electron chi connectivity index (χ1n) is 10.2. The normalized spacial score (nSPS) is 16.2. The van der Waals surface area contributed by atoms with E-state index in [1.807, 2.05) is 6.08 Å². The Balaban J connectivity index is 2.79. The summed E-state index contributed by atoms with van der Waals surface area (Å²) in [5, 5.41) is 0. The molecule has 0 aromatic carbocycles. The van der Waals surface area contributed by atoms with Crippen LogP contribution in [0, 0.1) is 0 Å². The van der Waals surface area contributed by atoms with Gasteiger partial charge >= 0.3 is 5.97 Å². The number of carbonyl (C=O) groups is 2. The number of methoxy groups -OCH3 is 1. The van der Waals surface area contributed by atoms with Crippen LogP contribution in [0.15, 0.2) is 23.3 Å². The van der Waals surface area contributed by atoms with E-state index in [1.54, 1.807) is 0 Å². The number of Topliss-reactive ketones (excluding diaryl/α,β-unsaturated/α-hetero) is 1. The minimum Gasteiger partial charge on any atom is -0.469 e. The Morgan fingerprint density at radius 3 is 2.54 bits per heavy atom. The van der Waals surface area contributed by atoms with E-state index in [0.717, 1.165) is 37.5 Å². The van der Waals surface area contributed by atoms with Crippen molar-refractivity contribution in [1.82, 2.24) is 0 Å². The molecule has 6 nitrogen and oxygen atoms in total. The topological polar surface area (TPSA) is 86.7 Å². The fourth-order valence-corrected chi connectivity index (χ4v) is 3.94. The molecule has 0 heterocycles. The first kappa shape index (κ1) is 24.6. The average Bonchev–Trinajstić information content (AvgIpc) is 2.99. The molecule has 0 saturated carbocycles. The number of carbonyl (C=O) groups excluding carboxylic acids is 2. The molecule has 0 aromatic heterocycles. The molecule has 0 bridgehead atoms. The highest BCUT2D eigenvalue weighted by Crippen LogP contribution is 2.31. The molecule has 1 aliphatic carbocycles.